The molecule has 152 valence electrons. The molecule has 0 atom stereocenters. The van der Waals surface area contributed by atoms with Crippen LogP contribution in [0.4, 0.5) is 16.2 Å². The van der Waals surface area contributed by atoms with E-state index in [-0.39, 0.29) is 11.9 Å². The molecule has 2 aromatic carbocycles. The number of carbonyl (C=O) groups excluding carboxylic acids is 2. The number of benzene rings is 2. The first-order chi connectivity index (χ1) is 14.0. The number of hydrogen-bond acceptors (Lipinski definition) is 4. The second-order valence-corrected chi connectivity index (χ2v) is 7.58. The maximum Gasteiger partial charge on any atom is 0.321 e. The molecular weight excluding hydrogens is 392 g/mol. The molecule has 2 aliphatic heterocycles. The van der Waals surface area contributed by atoms with Crippen LogP contribution >= 0.6 is 11.6 Å². The molecule has 2 aromatic rings. The van der Waals surface area contributed by atoms with Gasteiger partial charge in [-0.15, -0.1) is 0 Å². The van der Waals surface area contributed by atoms with Gasteiger partial charge in [-0.2, -0.15) is 0 Å². The predicted molar refractivity (Wildman–Crippen MR) is 113 cm³/mol. The molecule has 1 fully saturated rings. The first kappa shape index (κ1) is 19.4. The smallest absolute Gasteiger partial charge is 0.321 e. The lowest BCUT2D eigenvalue weighted by Crippen LogP contribution is -2.63. The molecule has 0 bridgehead atoms. The van der Waals surface area contributed by atoms with Crippen LogP contribution in [0, 0.1) is 0 Å². The topological polar surface area (TPSA) is 82.7 Å². The fourth-order valence-corrected chi connectivity index (χ4v) is 4.00. The van der Waals surface area contributed by atoms with Crippen LogP contribution in [0.1, 0.15) is 30.1 Å². The van der Waals surface area contributed by atoms with Crippen LogP contribution in [0.2, 0.25) is 5.02 Å². The normalized spacial score (nSPS) is 17.2. The Bertz CT molecular complexity index is 941. The minimum absolute atomic E-state index is 0.148. The zero-order valence-electron chi connectivity index (χ0n) is 16.1. The van der Waals surface area contributed by atoms with E-state index in [2.05, 4.69) is 16.0 Å². The summed E-state index contributed by atoms with van der Waals surface area (Å²) in [7, 11) is 0. The highest BCUT2D eigenvalue weighted by Gasteiger charge is 2.41. The largest absolute Gasteiger partial charge is 0.492 e. The van der Waals surface area contributed by atoms with Gasteiger partial charge in [0.15, 0.2) is 0 Å². The Morgan fingerprint density at radius 3 is 2.69 bits per heavy atom. The Morgan fingerprint density at radius 1 is 1.17 bits per heavy atom. The van der Waals surface area contributed by atoms with Gasteiger partial charge in [-0.1, -0.05) is 29.8 Å². The molecule has 3 N–H and O–H groups in total. The molecule has 29 heavy (non-hydrogen) atoms. The molecule has 0 unspecified atom stereocenters. The van der Waals surface area contributed by atoms with Crippen LogP contribution in [0.25, 0.3) is 0 Å². The number of hydrogen-bond donors (Lipinski definition) is 3. The molecule has 4 rings (SSSR count). The van der Waals surface area contributed by atoms with E-state index in [1.807, 2.05) is 31.2 Å². The van der Waals surface area contributed by atoms with Crippen molar-refractivity contribution in [2.45, 2.75) is 25.4 Å². The third-order valence-electron chi connectivity index (χ3n) is 5.31. The summed E-state index contributed by atoms with van der Waals surface area (Å²) in [5.74, 6) is 0.495. The number of piperidine rings is 1. The lowest BCUT2D eigenvalue weighted by Gasteiger charge is -2.46. The third kappa shape index (κ3) is 3.82. The number of ether oxygens (including phenoxy) is 1. The van der Waals surface area contributed by atoms with Crippen molar-refractivity contribution in [3.63, 3.8) is 0 Å². The number of carbonyl (C=O) groups is 2. The average Bonchev–Trinajstić information content (AvgIpc) is 2.71. The van der Waals surface area contributed by atoms with E-state index in [0.29, 0.717) is 60.2 Å². The van der Waals surface area contributed by atoms with E-state index in [0.717, 1.165) is 0 Å². The van der Waals surface area contributed by atoms with Crippen molar-refractivity contribution in [2.75, 3.05) is 30.3 Å². The Kier molecular flexibility index (Phi) is 5.24. The minimum atomic E-state index is -0.602. The van der Waals surface area contributed by atoms with Gasteiger partial charge < -0.3 is 25.6 Å². The second kappa shape index (κ2) is 7.83. The molecule has 8 heteroatoms. The van der Waals surface area contributed by atoms with Crippen LogP contribution < -0.4 is 20.7 Å². The fraction of sp³-hybridized carbons (Fsp3) is 0.333. The van der Waals surface area contributed by atoms with E-state index in [9.17, 15) is 9.59 Å². The Hall–Kier alpha value is -2.93. The van der Waals surface area contributed by atoms with Gasteiger partial charge in [0.1, 0.15) is 11.4 Å². The average molecular weight is 415 g/mol. The zero-order chi connectivity index (χ0) is 20.4. The number of anilines is 2. The summed E-state index contributed by atoms with van der Waals surface area (Å²) < 4.78 is 5.57. The van der Waals surface area contributed by atoms with Gasteiger partial charge in [0.2, 0.25) is 0 Å². The number of urea groups is 1. The van der Waals surface area contributed by atoms with Crippen LogP contribution in [0.5, 0.6) is 5.75 Å². The number of rotatable bonds is 3. The van der Waals surface area contributed by atoms with E-state index >= 15 is 0 Å². The number of amides is 3. The lowest BCUT2D eigenvalue weighted by molar-refractivity contribution is 0.0852. The summed E-state index contributed by atoms with van der Waals surface area (Å²) in [6.07, 6.45) is 1.15. The maximum atomic E-state index is 12.7. The third-order valence-corrected chi connectivity index (χ3v) is 5.62. The van der Waals surface area contributed by atoms with Crippen molar-refractivity contribution < 1.29 is 14.3 Å². The SMILES string of the molecule is CCOc1ccccc1NC(=O)N1CCC2(CC1)NC(=O)c1cccc(Cl)c1N2. The number of fused-ring (bicyclic) bond motifs is 1. The molecule has 7 nitrogen and oxygen atoms in total. The van der Waals surface area contributed by atoms with Gasteiger partial charge in [0.05, 0.1) is 28.6 Å². The highest BCUT2D eigenvalue weighted by molar-refractivity contribution is 6.34. The van der Waals surface area contributed by atoms with Crippen LogP contribution in [-0.4, -0.2) is 42.2 Å². The van der Waals surface area contributed by atoms with Crippen LogP contribution in [0.3, 0.4) is 0 Å². The Labute approximate surface area is 174 Å². The van der Waals surface area contributed by atoms with Gasteiger partial charge in [0, 0.05) is 25.9 Å². The lowest BCUT2D eigenvalue weighted by atomic mass is 9.92. The number of para-hydroxylation sites is 3. The van der Waals surface area contributed by atoms with Crippen molar-refractivity contribution in [2.24, 2.45) is 0 Å². The van der Waals surface area contributed by atoms with Crippen molar-refractivity contribution in [3.8, 4) is 5.75 Å². The molecule has 0 aliphatic carbocycles. The molecule has 3 amide bonds. The number of halogens is 1. The van der Waals surface area contributed by atoms with Gasteiger partial charge >= 0.3 is 6.03 Å². The first-order valence-electron chi connectivity index (χ1n) is 9.68. The monoisotopic (exact) mass is 414 g/mol. The van der Waals surface area contributed by atoms with Gasteiger partial charge in [0.25, 0.3) is 5.91 Å². The quantitative estimate of drug-likeness (QED) is 0.710. The predicted octanol–water partition coefficient (Wildman–Crippen LogP) is 3.92. The highest BCUT2D eigenvalue weighted by atomic mass is 35.5. The molecule has 0 saturated carbocycles. The number of likely N-dealkylation sites (tertiary alicyclic amines) is 1. The molecule has 0 radical (unpaired) electrons. The van der Waals surface area contributed by atoms with Crippen LogP contribution in [-0.2, 0) is 0 Å². The Balaban J connectivity index is 1.43. The van der Waals surface area contributed by atoms with Gasteiger partial charge in [-0.3, -0.25) is 4.79 Å². The Morgan fingerprint density at radius 2 is 1.93 bits per heavy atom. The molecular formula is C21H23ClN4O3. The zero-order valence-corrected chi connectivity index (χ0v) is 16.9. The molecule has 1 spiro atoms. The molecule has 0 aromatic heterocycles. The van der Waals surface area contributed by atoms with E-state index in [1.54, 1.807) is 23.1 Å². The number of nitrogens with one attached hydrogen (secondary N) is 3. The van der Waals surface area contributed by atoms with Crippen molar-refractivity contribution in [1.82, 2.24) is 10.2 Å². The van der Waals surface area contributed by atoms with E-state index in [1.165, 1.54) is 0 Å². The fourth-order valence-electron chi connectivity index (χ4n) is 3.78. The maximum absolute atomic E-state index is 12.7. The van der Waals surface area contributed by atoms with Crippen molar-refractivity contribution in [3.05, 3.63) is 53.1 Å². The van der Waals surface area contributed by atoms with Crippen molar-refractivity contribution in [1.29, 1.82) is 0 Å². The summed E-state index contributed by atoms with van der Waals surface area (Å²) in [5, 5.41) is 9.91. The standard InChI is InChI=1S/C21H23ClN4O3/c1-2-29-17-9-4-3-8-16(17)23-20(28)26-12-10-21(11-13-26)24-18-14(19(27)25-21)6-5-7-15(18)22/h3-9,24H,2,10-13H2,1H3,(H,23,28)(H,25,27). The summed E-state index contributed by atoms with van der Waals surface area (Å²) in [5.41, 5.74) is 1.23. The van der Waals surface area contributed by atoms with Crippen molar-refractivity contribution >= 4 is 34.9 Å². The second-order valence-electron chi connectivity index (χ2n) is 7.17. The summed E-state index contributed by atoms with van der Waals surface area (Å²) in [6.45, 7) is 3.42. The van der Waals surface area contributed by atoms with E-state index in [4.69, 9.17) is 16.3 Å². The number of nitrogens with zero attached hydrogens (tertiary/aromatic N) is 1. The molecule has 2 aliphatic rings. The van der Waals surface area contributed by atoms with Crippen LogP contribution in [0.15, 0.2) is 42.5 Å². The molecule has 1 saturated heterocycles. The van der Waals surface area contributed by atoms with Gasteiger partial charge in [-0.25, -0.2) is 4.79 Å². The van der Waals surface area contributed by atoms with E-state index < -0.39 is 5.66 Å². The summed E-state index contributed by atoms with van der Waals surface area (Å²) in [6, 6.07) is 12.4. The molecule has 2 heterocycles. The first-order valence-corrected chi connectivity index (χ1v) is 10.1. The summed E-state index contributed by atoms with van der Waals surface area (Å²) >= 11 is 6.29. The summed E-state index contributed by atoms with van der Waals surface area (Å²) in [4.78, 5) is 27.0. The van der Waals surface area contributed by atoms with Gasteiger partial charge in [-0.05, 0) is 31.2 Å². The highest BCUT2D eigenvalue weighted by Crippen LogP contribution is 2.36. The minimum Gasteiger partial charge on any atom is -0.492 e.